The average Bonchev–Trinajstić information content (AvgIpc) is 2.23. The summed E-state index contributed by atoms with van der Waals surface area (Å²) in [4.78, 5) is 0. The second kappa shape index (κ2) is 6.67. The first kappa shape index (κ1) is 16.0. The van der Waals surface area contributed by atoms with Gasteiger partial charge in [0.2, 0.25) is 0 Å². The summed E-state index contributed by atoms with van der Waals surface area (Å²) in [5.74, 6) is 5.76. The molecule has 0 bridgehead atoms. The molecule has 98 valence electrons. The van der Waals surface area contributed by atoms with Crippen molar-refractivity contribution in [3.63, 3.8) is 0 Å². The van der Waals surface area contributed by atoms with Crippen molar-refractivity contribution in [1.29, 1.82) is 0 Å². The topological polar surface area (TPSA) is 0 Å². The van der Waals surface area contributed by atoms with Crippen LogP contribution in [0.5, 0.6) is 0 Å². The Balaban J connectivity index is 4.48. The lowest BCUT2D eigenvalue weighted by molar-refractivity contribution is 0.126. The van der Waals surface area contributed by atoms with Crippen molar-refractivity contribution in [1.82, 2.24) is 0 Å². The highest BCUT2D eigenvalue weighted by atomic mass is 14.3. The van der Waals surface area contributed by atoms with Crippen LogP contribution >= 0.6 is 0 Å². The Labute approximate surface area is 104 Å². The number of rotatable bonds is 6. The first-order chi connectivity index (χ1) is 7.20. The predicted molar refractivity (Wildman–Crippen MR) is 75.5 cm³/mol. The van der Waals surface area contributed by atoms with Crippen LogP contribution in [0.15, 0.2) is 0 Å². The minimum Gasteiger partial charge on any atom is -0.0625 e. The fraction of sp³-hybridized carbons (Fsp3) is 1.00. The van der Waals surface area contributed by atoms with Crippen LogP contribution in [0.4, 0.5) is 0 Å². The van der Waals surface area contributed by atoms with Gasteiger partial charge >= 0.3 is 0 Å². The van der Waals surface area contributed by atoms with Crippen LogP contribution in [0.1, 0.15) is 62.3 Å². The Bertz CT molecular complexity index is 160. The van der Waals surface area contributed by atoms with Gasteiger partial charge in [0.1, 0.15) is 0 Å². The summed E-state index contributed by atoms with van der Waals surface area (Å²) in [5.41, 5.74) is 0. The molecule has 0 aliphatic heterocycles. The molecule has 0 radical (unpaired) electrons. The Morgan fingerprint density at radius 1 is 0.312 bits per heavy atom. The molecule has 0 heterocycles. The standard InChI is InChI=1S/C16H34/c1-10(2)12(5)14(7)16(9)15(8)13(6)11(3)4/h10-16H,1-9H3. The van der Waals surface area contributed by atoms with Gasteiger partial charge in [-0.05, 0) is 41.4 Å². The summed E-state index contributed by atoms with van der Waals surface area (Å²) in [5, 5.41) is 0. The molecule has 0 aromatic rings. The molecular formula is C16H34. The third-order valence-corrected chi connectivity index (χ3v) is 5.42. The lowest BCUT2D eigenvalue weighted by atomic mass is 9.69. The maximum absolute atomic E-state index is 2.45. The molecule has 4 unspecified atom stereocenters. The van der Waals surface area contributed by atoms with Gasteiger partial charge in [-0.15, -0.1) is 0 Å². The van der Waals surface area contributed by atoms with E-state index in [1.54, 1.807) is 0 Å². The van der Waals surface area contributed by atoms with E-state index in [2.05, 4.69) is 62.3 Å². The SMILES string of the molecule is CC(C)C(C)C(C)C(C)C(C)C(C)C(C)C. The maximum Gasteiger partial charge on any atom is -0.0386 e. The summed E-state index contributed by atoms with van der Waals surface area (Å²) in [6, 6.07) is 0. The molecule has 0 aliphatic carbocycles. The molecule has 0 spiro atoms. The van der Waals surface area contributed by atoms with Crippen LogP contribution in [0.25, 0.3) is 0 Å². The lowest BCUT2D eigenvalue weighted by Gasteiger charge is -2.36. The van der Waals surface area contributed by atoms with E-state index < -0.39 is 0 Å². The van der Waals surface area contributed by atoms with Crippen LogP contribution in [0, 0.1) is 41.4 Å². The van der Waals surface area contributed by atoms with Crippen LogP contribution < -0.4 is 0 Å². The molecule has 0 saturated heterocycles. The van der Waals surface area contributed by atoms with Gasteiger partial charge in [-0.1, -0.05) is 62.3 Å². The molecule has 16 heavy (non-hydrogen) atoms. The summed E-state index contributed by atoms with van der Waals surface area (Å²) < 4.78 is 0. The first-order valence-corrected chi connectivity index (χ1v) is 7.20. The van der Waals surface area contributed by atoms with Crippen LogP contribution in [0.3, 0.4) is 0 Å². The van der Waals surface area contributed by atoms with E-state index >= 15 is 0 Å². The van der Waals surface area contributed by atoms with Gasteiger partial charge in [0.15, 0.2) is 0 Å². The molecule has 0 rings (SSSR count). The minimum absolute atomic E-state index is 0.805. The molecule has 0 nitrogen and oxygen atoms in total. The zero-order valence-electron chi connectivity index (χ0n) is 13.0. The van der Waals surface area contributed by atoms with Crippen molar-refractivity contribution >= 4 is 0 Å². The molecule has 4 atom stereocenters. The van der Waals surface area contributed by atoms with Gasteiger partial charge in [-0.2, -0.15) is 0 Å². The van der Waals surface area contributed by atoms with Crippen molar-refractivity contribution in [2.45, 2.75) is 62.3 Å². The molecule has 0 heteroatoms. The molecule has 0 aromatic heterocycles. The van der Waals surface area contributed by atoms with Crippen molar-refractivity contribution in [2.24, 2.45) is 41.4 Å². The summed E-state index contributed by atoms with van der Waals surface area (Å²) in [7, 11) is 0. The summed E-state index contributed by atoms with van der Waals surface area (Å²) in [6.45, 7) is 21.6. The van der Waals surface area contributed by atoms with Gasteiger partial charge in [0.25, 0.3) is 0 Å². The predicted octanol–water partition coefficient (Wildman–Crippen LogP) is 5.48. The monoisotopic (exact) mass is 226 g/mol. The molecule has 0 N–H and O–H groups in total. The first-order valence-electron chi connectivity index (χ1n) is 7.20. The van der Waals surface area contributed by atoms with Crippen molar-refractivity contribution in [3.8, 4) is 0 Å². The minimum atomic E-state index is 0.805. The highest BCUT2D eigenvalue weighted by Crippen LogP contribution is 2.36. The van der Waals surface area contributed by atoms with Crippen LogP contribution in [-0.4, -0.2) is 0 Å². The summed E-state index contributed by atoms with van der Waals surface area (Å²) >= 11 is 0. The molecule has 0 aliphatic rings. The summed E-state index contributed by atoms with van der Waals surface area (Å²) in [6.07, 6.45) is 0. The van der Waals surface area contributed by atoms with Gasteiger partial charge in [0.05, 0.1) is 0 Å². The quantitative estimate of drug-likeness (QED) is 0.562. The highest BCUT2D eigenvalue weighted by molar-refractivity contribution is 4.78. The highest BCUT2D eigenvalue weighted by Gasteiger charge is 2.29. The van der Waals surface area contributed by atoms with E-state index in [0.717, 1.165) is 41.4 Å². The second-order valence-electron chi connectivity index (χ2n) is 6.78. The fourth-order valence-corrected chi connectivity index (χ4v) is 2.65. The van der Waals surface area contributed by atoms with E-state index in [9.17, 15) is 0 Å². The zero-order chi connectivity index (χ0) is 13.0. The average molecular weight is 226 g/mol. The van der Waals surface area contributed by atoms with E-state index in [4.69, 9.17) is 0 Å². The van der Waals surface area contributed by atoms with Crippen LogP contribution in [0.2, 0.25) is 0 Å². The van der Waals surface area contributed by atoms with E-state index in [1.165, 1.54) is 0 Å². The Morgan fingerprint density at radius 2 is 0.500 bits per heavy atom. The van der Waals surface area contributed by atoms with Crippen molar-refractivity contribution in [3.05, 3.63) is 0 Å². The molecule has 0 amide bonds. The fourth-order valence-electron chi connectivity index (χ4n) is 2.65. The van der Waals surface area contributed by atoms with E-state index in [-0.39, 0.29) is 0 Å². The van der Waals surface area contributed by atoms with Crippen molar-refractivity contribution < 1.29 is 0 Å². The Hall–Kier alpha value is 0. The lowest BCUT2D eigenvalue weighted by Crippen LogP contribution is -2.30. The number of hydrogen-bond donors (Lipinski definition) is 0. The molecule has 0 aromatic carbocycles. The number of hydrogen-bond acceptors (Lipinski definition) is 0. The smallest absolute Gasteiger partial charge is 0.0386 e. The van der Waals surface area contributed by atoms with Gasteiger partial charge in [-0.3, -0.25) is 0 Å². The largest absolute Gasteiger partial charge is 0.0625 e. The van der Waals surface area contributed by atoms with Gasteiger partial charge in [-0.25, -0.2) is 0 Å². The normalized spacial score (nSPS) is 21.9. The zero-order valence-corrected chi connectivity index (χ0v) is 13.0. The Morgan fingerprint density at radius 3 is 0.688 bits per heavy atom. The van der Waals surface area contributed by atoms with Crippen LogP contribution in [-0.2, 0) is 0 Å². The third-order valence-electron chi connectivity index (χ3n) is 5.42. The molecular weight excluding hydrogens is 192 g/mol. The maximum atomic E-state index is 2.45. The van der Waals surface area contributed by atoms with Crippen molar-refractivity contribution in [2.75, 3.05) is 0 Å². The third kappa shape index (κ3) is 4.11. The van der Waals surface area contributed by atoms with E-state index in [0.29, 0.717) is 0 Å². The Kier molecular flexibility index (Phi) is 6.67. The molecule has 0 saturated carbocycles. The second-order valence-corrected chi connectivity index (χ2v) is 6.78. The van der Waals surface area contributed by atoms with E-state index in [1.807, 2.05) is 0 Å². The van der Waals surface area contributed by atoms with Gasteiger partial charge < -0.3 is 0 Å². The van der Waals surface area contributed by atoms with Gasteiger partial charge in [0, 0.05) is 0 Å². The molecule has 0 fully saturated rings.